The van der Waals surface area contributed by atoms with Crippen molar-refractivity contribution in [3.05, 3.63) is 21.7 Å². The topological polar surface area (TPSA) is 44.5 Å². The predicted octanol–water partition coefficient (Wildman–Crippen LogP) is 3.64. The molecule has 1 aromatic rings. The van der Waals surface area contributed by atoms with Crippen LogP contribution in [0.1, 0.15) is 50.2 Å². The van der Waals surface area contributed by atoms with Crippen LogP contribution in [0.2, 0.25) is 0 Å². The van der Waals surface area contributed by atoms with Crippen LogP contribution in [0.3, 0.4) is 0 Å². The predicted molar refractivity (Wildman–Crippen MR) is 74.1 cm³/mol. The van der Waals surface area contributed by atoms with E-state index in [0.29, 0.717) is 12.7 Å². The average molecular weight is 312 g/mol. The first-order chi connectivity index (χ1) is 8.53. The second-order valence-electron chi connectivity index (χ2n) is 5.55. The summed E-state index contributed by atoms with van der Waals surface area (Å²) in [5.74, 6) is 2.08. The lowest BCUT2D eigenvalue weighted by Crippen LogP contribution is -2.44. The Morgan fingerprint density at radius 1 is 1.28 bits per heavy atom. The molecule has 1 fully saturated rings. The number of rotatable bonds is 2. The fraction of sp³-hybridized carbons (Fsp3) is 0.571. The van der Waals surface area contributed by atoms with Crippen LogP contribution in [0.25, 0.3) is 0 Å². The maximum absolute atomic E-state index is 6.51. The van der Waals surface area contributed by atoms with Gasteiger partial charge >= 0.3 is 0 Å². The van der Waals surface area contributed by atoms with E-state index in [1.807, 2.05) is 0 Å². The van der Waals surface area contributed by atoms with Crippen molar-refractivity contribution in [2.45, 2.75) is 44.6 Å². The van der Waals surface area contributed by atoms with Crippen molar-refractivity contribution in [2.24, 2.45) is 5.73 Å². The molecule has 0 aromatic heterocycles. The fourth-order valence-corrected chi connectivity index (χ4v) is 3.38. The van der Waals surface area contributed by atoms with Crippen LogP contribution >= 0.6 is 15.9 Å². The van der Waals surface area contributed by atoms with Gasteiger partial charge in [0.05, 0.1) is 4.47 Å². The quantitative estimate of drug-likeness (QED) is 0.907. The van der Waals surface area contributed by atoms with E-state index in [0.717, 1.165) is 28.8 Å². The highest BCUT2D eigenvalue weighted by molar-refractivity contribution is 9.10. The summed E-state index contributed by atoms with van der Waals surface area (Å²) in [6.07, 6.45) is 3.32. The van der Waals surface area contributed by atoms with Gasteiger partial charge in [0.25, 0.3) is 0 Å². The first kappa shape index (κ1) is 12.3. The van der Waals surface area contributed by atoms with Crippen molar-refractivity contribution in [3.63, 3.8) is 0 Å². The van der Waals surface area contributed by atoms with Gasteiger partial charge in [-0.25, -0.2) is 0 Å². The minimum absolute atomic E-state index is 0.177. The van der Waals surface area contributed by atoms with Gasteiger partial charge < -0.3 is 15.2 Å². The Balaban J connectivity index is 2.22. The van der Waals surface area contributed by atoms with Crippen molar-refractivity contribution in [1.29, 1.82) is 0 Å². The van der Waals surface area contributed by atoms with Gasteiger partial charge in [-0.1, -0.05) is 13.8 Å². The maximum Gasteiger partial charge on any atom is 0.231 e. The standard InChI is InChI=1S/C14H18BrNO2/c1-8(2)11-9(14(16)4-3-5-14)6-10(15)12-13(11)18-7-17-12/h6,8H,3-5,7,16H2,1-2H3. The Labute approximate surface area is 116 Å². The molecule has 0 spiro atoms. The molecule has 1 aromatic carbocycles. The Kier molecular flexibility index (Phi) is 2.83. The van der Waals surface area contributed by atoms with Crippen LogP contribution in [0, 0.1) is 0 Å². The van der Waals surface area contributed by atoms with Gasteiger partial charge in [-0.15, -0.1) is 0 Å². The van der Waals surface area contributed by atoms with Crippen molar-refractivity contribution in [3.8, 4) is 11.5 Å². The molecule has 2 aliphatic rings. The molecule has 1 aliphatic carbocycles. The number of nitrogens with two attached hydrogens (primary N) is 1. The third kappa shape index (κ3) is 1.66. The number of fused-ring (bicyclic) bond motifs is 1. The van der Waals surface area contributed by atoms with Gasteiger partial charge in [-0.3, -0.25) is 0 Å². The molecule has 2 N–H and O–H groups in total. The van der Waals surface area contributed by atoms with E-state index in [1.165, 1.54) is 17.5 Å². The highest BCUT2D eigenvalue weighted by atomic mass is 79.9. The molecule has 1 aliphatic heterocycles. The fourth-order valence-electron chi connectivity index (χ4n) is 2.86. The summed E-state index contributed by atoms with van der Waals surface area (Å²) in [4.78, 5) is 0. The van der Waals surface area contributed by atoms with Crippen molar-refractivity contribution >= 4 is 15.9 Å². The van der Waals surface area contributed by atoms with Crippen LogP contribution in [-0.2, 0) is 5.54 Å². The second kappa shape index (κ2) is 4.14. The lowest BCUT2D eigenvalue weighted by atomic mass is 9.70. The summed E-state index contributed by atoms with van der Waals surface area (Å²) in [5, 5.41) is 0. The smallest absolute Gasteiger partial charge is 0.231 e. The van der Waals surface area contributed by atoms with Gasteiger partial charge in [0.1, 0.15) is 0 Å². The molecule has 1 saturated carbocycles. The number of halogens is 1. The Hall–Kier alpha value is -0.740. The van der Waals surface area contributed by atoms with Crippen molar-refractivity contribution in [1.82, 2.24) is 0 Å². The van der Waals surface area contributed by atoms with Crippen molar-refractivity contribution < 1.29 is 9.47 Å². The minimum atomic E-state index is -0.177. The lowest BCUT2D eigenvalue weighted by molar-refractivity contribution is 0.172. The van der Waals surface area contributed by atoms with Crippen molar-refractivity contribution in [2.75, 3.05) is 6.79 Å². The van der Waals surface area contributed by atoms with Gasteiger partial charge in [0, 0.05) is 11.1 Å². The third-order valence-corrected chi connectivity index (χ3v) is 4.58. The van der Waals surface area contributed by atoms with Crippen LogP contribution in [-0.4, -0.2) is 6.79 Å². The molecule has 0 saturated heterocycles. The number of benzene rings is 1. The Morgan fingerprint density at radius 2 is 1.94 bits per heavy atom. The van der Waals surface area contributed by atoms with Crippen LogP contribution in [0.5, 0.6) is 11.5 Å². The molecule has 0 unspecified atom stereocenters. The molecule has 0 amide bonds. The monoisotopic (exact) mass is 311 g/mol. The first-order valence-electron chi connectivity index (χ1n) is 6.44. The number of hydrogen-bond donors (Lipinski definition) is 1. The van der Waals surface area contributed by atoms with Crippen LogP contribution in [0.4, 0.5) is 0 Å². The molecule has 18 heavy (non-hydrogen) atoms. The van der Waals surface area contributed by atoms with E-state index in [1.54, 1.807) is 0 Å². The zero-order valence-corrected chi connectivity index (χ0v) is 12.3. The minimum Gasteiger partial charge on any atom is -0.453 e. The molecule has 98 valence electrons. The van der Waals surface area contributed by atoms with Crippen LogP contribution < -0.4 is 15.2 Å². The molecule has 0 radical (unpaired) electrons. The van der Waals surface area contributed by atoms with Gasteiger partial charge in [-0.2, -0.15) is 0 Å². The largest absolute Gasteiger partial charge is 0.453 e. The highest BCUT2D eigenvalue weighted by Gasteiger charge is 2.39. The summed E-state index contributed by atoms with van der Waals surface area (Å²) in [6.45, 7) is 4.65. The molecule has 0 bridgehead atoms. The SMILES string of the molecule is CC(C)c1c(C2(N)CCC2)cc(Br)c2c1OCO2. The number of hydrogen-bond acceptors (Lipinski definition) is 3. The molecule has 3 rings (SSSR count). The summed E-state index contributed by atoms with van der Waals surface area (Å²) >= 11 is 3.57. The first-order valence-corrected chi connectivity index (χ1v) is 7.23. The van der Waals surface area contributed by atoms with E-state index >= 15 is 0 Å². The zero-order valence-electron chi connectivity index (χ0n) is 10.8. The zero-order chi connectivity index (χ0) is 12.9. The summed E-state index contributed by atoms with van der Waals surface area (Å²) < 4.78 is 12.1. The normalized spacial score (nSPS) is 20.1. The summed E-state index contributed by atoms with van der Waals surface area (Å²) in [7, 11) is 0. The van der Waals surface area contributed by atoms with Crippen LogP contribution in [0.15, 0.2) is 10.5 Å². The highest BCUT2D eigenvalue weighted by Crippen LogP contribution is 2.51. The van der Waals surface area contributed by atoms with E-state index in [9.17, 15) is 0 Å². The molecular weight excluding hydrogens is 294 g/mol. The average Bonchev–Trinajstić information content (AvgIpc) is 2.74. The van der Waals surface area contributed by atoms with Gasteiger partial charge in [0.15, 0.2) is 11.5 Å². The van der Waals surface area contributed by atoms with Gasteiger partial charge in [0.2, 0.25) is 6.79 Å². The molecule has 3 nitrogen and oxygen atoms in total. The Morgan fingerprint density at radius 3 is 2.50 bits per heavy atom. The summed E-state index contributed by atoms with van der Waals surface area (Å²) in [6, 6.07) is 2.13. The van der Waals surface area contributed by atoms with Gasteiger partial charge in [-0.05, 0) is 52.7 Å². The maximum atomic E-state index is 6.51. The van der Waals surface area contributed by atoms with E-state index < -0.39 is 0 Å². The molecule has 1 heterocycles. The Bertz CT molecular complexity index is 495. The third-order valence-electron chi connectivity index (χ3n) is 4.00. The molecule has 0 atom stereocenters. The van der Waals surface area contributed by atoms with E-state index in [-0.39, 0.29) is 5.54 Å². The molecular formula is C14H18BrNO2. The van der Waals surface area contributed by atoms with E-state index in [4.69, 9.17) is 15.2 Å². The summed E-state index contributed by atoms with van der Waals surface area (Å²) in [5.41, 5.74) is 8.77. The lowest BCUT2D eigenvalue weighted by Gasteiger charge is -2.40. The second-order valence-corrected chi connectivity index (χ2v) is 6.40. The molecule has 4 heteroatoms. The van der Waals surface area contributed by atoms with E-state index in [2.05, 4.69) is 35.8 Å². The number of ether oxygens (including phenoxy) is 2.